The lowest BCUT2D eigenvalue weighted by atomic mass is 10.1. The van der Waals surface area contributed by atoms with Crippen molar-refractivity contribution >= 4 is 17.5 Å². The fourth-order valence-corrected chi connectivity index (χ4v) is 2.13. The Bertz CT molecular complexity index is 645. The number of hydrogen-bond acceptors (Lipinski definition) is 2. The first kappa shape index (κ1) is 16.3. The van der Waals surface area contributed by atoms with Crippen molar-refractivity contribution in [3.05, 3.63) is 64.9 Å². The molecule has 22 heavy (non-hydrogen) atoms. The summed E-state index contributed by atoms with van der Waals surface area (Å²) in [5, 5.41) is 3.28. The standard InChI is InChI=1S/C17H17ClFNO2/c1-11(13-7-9-14(19)10-8-13)20-17(21)12(2)22-16-6-4-3-5-15(16)18/h3-12H,1-2H3,(H,20,21)/t11-,12-/m0/s1. The third-order valence-electron chi connectivity index (χ3n) is 3.24. The maximum atomic E-state index is 12.9. The Labute approximate surface area is 134 Å². The van der Waals surface area contributed by atoms with Crippen LogP contribution in [0.1, 0.15) is 25.5 Å². The zero-order valence-corrected chi connectivity index (χ0v) is 13.1. The zero-order chi connectivity index (χ0) is 16.1. The van der Waals surface area contributed by atoms with Crippen LogP contribution >= 0.6 is 11.6 Å². The van der Waals surface area contributed by atoms with Gasteiger partial charge >= 0.3 is 0 Å². The Balaban J connectivity index is 1.96. The molecule has 2 aromatic rings. The molecule has 2 rings (SSSR count). The van der Waals surface area contributed by atoms with E-state index in [9.17, 15) is 9.18 Å². The Hall–Kier alpha value is -2.07. The van der Waals surface area contributed by atoms with Crippen molar-refractivity contribution in [1.29, 1.82) is 0 Å². The van der Waals surface area contributed by atoms with Crippen LogP contribution in [0.3, 0.4) is 0 Å². The van der Waals surface area contributed by atoms with Crippen molar-refractivity contribution in [3.63, 3.8) is 0 Å². The molecule has 0 bridgehead atoms. The molecule has 0 heterocycles. The van der Waals surface area contributed by atoms with Crippen molar-refractivity contribution in [2.75, 3.05) is 0 Å². The monoisotopic (exact) mass is 321 g/mol. The Morgan fingerprint density at radius 3 is 2.41 bits per heavy atom. The van der Waals surface area contributed by atoms with Gasteiger partial charge in [-0.3, -0.25) is 4.79 Å². The fourth-order valence-electron chi connectivity index (χ4n) is 1.95. The van der Waals surface area contributed by atoms with E-state index in [0.717, 1.165) is 5.56 Å². The second-order valence-corrected chi connectivity index (χ2v) is 5.38. The Morgan fingerprint density at radius 1 is 1.14 bits per heavy atom. The maximum absolute atomic E-state index is 12.9. The van der Waals surface area contributed by atoms with E-state index in [1.54, 1.807) is 43.3 Å². The van der Waals surface area contributed by atoms with E-state index < -0.39 is 6.10 Å². The maximum Gasteiger partial charge on any atom is 0.261 e. The smallest absolute Gasteiger partial charge is 0.261 e. The summed E-state index contributed by atoms with van der Waals surface area (Å²) in [5.41, 5.74) is 0.819. The summed E-state index contributed by atoms with van der Waals surface area (Å²) in [6.07, 6.45) is -0.692. The molecule has 5 heteroatoms. The lowest BCUT2D eigenvalue weighted by Crippen LogP contribution is -2.37. The quantitative estimate of drug-likeness (QED) is 0.899. The summed E-state index contributed by atoms with van der Waals surface area (Å²) < 4.78 is 18.5. The summed E-state index contributed by atoms with van der Waals surface area (Å²) in [7, 11) is 0. The lowest BCUT2D eigenvalue weighted by molar-refractivity contribution is -0.127. The highest BCUT2D eigenvalue weighted by Gasteiger charge is 2.18. The molecule has 0 aliphatic rings. The summed E-state index contributed by atoms with van der Waals surface area (Å²) in [6.45, 7) is 3.48. The fraction of sp³-hybridized carbons (Fsp3) is 0.235. The highest BCUT2D eigenvalue weighted by atomic mass is 35.5. The van der Waals surface area contributed by atoms with Crippen molar-refractivity contribution in [3.8, 4) is 5.75 Å². The summed E-state index contributed by atoms with van der Waals surface area (Å²) in [6, 6.07) is 12.7. The van der Waals surface area contributed by atoms with Crippen LogP contribution in [0.5, 0.6) is 5.75 Å². The van der Waals surface area contributed by atoms with Crippen LogP contribution in [0.25, 0.3) is 0 Å². The van der Waals surface area contributed by atoms with Crippen molar-refractivity contribution < 1.29 is 13.9 Å². The van der Waals surface area contributed by atoms with Crippen LogP contribution in [-0.2, 0) is 4.79 Å². The Morgan fingerprint density at radius 2 is 1.77 bits per heavy atom. The molecule has 0 aliphatic heterocycles. The minimum absolute atomic E-state index is 0.245. The number of carbonyl (C=O) groups is 1. The summed E-state index contributed by atoms with van der Waals surface area (Å²) >= 11 is 6.00. The van der Waals surface area contributed by atoms with E-state index in [1.807, 2.05) is 6.92 Å². The van der Waals surface area contributed by atoms with Crippen LogP contribution in [0.4, 0.5) is 4.39 Å². The van der Waals surface area contributed by atoms with Crippen LogP contribution < -0.4 is 10.1 Å². The van der Waals surface area contributed by atoms with E-state index in [4.69, 9.17) is 16.3 Å². The number of rotatable bonds is 5. The van der Waals surface area contributed by atoms with Gasteiger partial charge < -0.3 is 10.1 Å². The van der Waals surface area contributed by atoms with Gasteiger partial charge in [0.25, 0.3) is 5.91 Å². The third kappa shape index (κ3) is 4.21. The molecule has 1 N–H and O–H groups in total. The van der Waals surface area contributed by atoms with Gasteiger partial charge in [-0.25, -0.2) is 4.39 Å². The third-order valence-corrected chi connectivity index (χ3v) is 3.55. The first-order chi connectivity index (χ1) is 10.5. The number of benzene rings is 2. The number of halogens is 2. The van der Waals surface area contributed by atoms with Crippen LogP contribution in [0, 0.1) is 5.82 Å². The van der Waals surface area contributed by atoms with Crippen molar-refractivity contribution in [2.24, 2.45) is 0 Å². The molecular formula is C17H17ClFNO2. The molecular weight excluding hydrogens is 305 g/mol. The molecule has 0 unspecified atom stereocenters. The van der Waals surface area contributed by atoms with E-state index in [-0.39, 0.29) is 17.8 Å². The topological polar surface area (TPSA) is 38.3 Å². The van der Waals surface area contributed by atoms with Gasteiger partial charge in [-0.1, -0.05) is 35.9 Å². The van der Waals surface area contributed by atoms with Gasteiger partial charge in [0.2, 0.25) is 0 Å². The Kier molecular flexibility index (Phi) is 5.39. The predicted octanol–water partition coefficient (Wildman–Crippen LogP) is 4.12. The molecule has 0 fully saturated rings. The van der Waals surface area contributed by atoms with Gasteiger partial charge in [0.15, 0.2) is 6.10 Å². The van der Waals surface area contributed by atoms with Crippen LogP contribution in [-0.4, -0.2) is 12.0 Å². The zero-order valence-electron chi connectivity index (χ0n) is 12.3. The van der Waals surface area contributed by atoms with Crippen molar-refractivity contribution in [2.45, 2.75) is 26.0 Å². The highest BCUT2D eigenvalue weighted by Crippen LogP contribution is 2.24. The molecule has 3 nitrogen and oxygen atoms in total. The molecule has 0 saturated carbocycles. The van der Waals surface area contributed by atoms with E-state index in [1.165, 1.54) is 12.1 Å². The predicted molar refractivity (Wildman–Crippen MR) is 84.5 cm³/mol. The van der Waals surface area contributed by atoms with E-state index >= 15 is 0 Å². The number of ether oxygens (including phenoxy) is 1. The first-order valence-electron chi connectivity index (χ1n) is 6.94. The molecule has 0 aromatic heterocycles. The minimum atomic E-state index is -0.692. The average molecular weight is 322 g/mol. The number of nitrogens with one attached hydrogen (secondary N) is 1. The van der Waals surface area contributed by atoms with Gasteiger partial charge in [-0.2, -0.15) is 0 Å². The second-order valence-electron chi connectivity index (χ2n) is 4.97. The molecule has 0 aliphatic carbocycles. The molecule has 2 aromatic carbocycles. The SMILES string of the molecule is C[C@H](Oc1ccccc1Cl)C(=O)N[C@@H](C)c1ccc(F)cc1. The highest BCUT2D eigenvalue weighted by molar-refractivity contribution is 6.32. The first-order valence-corrected chi connectivity index (χ1v) is 7.32. The molecule has 0 saturated heterocycles. The largest absolute Gasteiger partial charge is 0.479 e. The molecule has 0 spiro atoms. The molecule has 2 atom stereocenters. The average Bonchev–Trinajstić information content (AvgIpc) is 2.50. The van der Waals surface area contributed by atoms with E-state index in [0.29, 0.717) is 10.8 Å². The van der Waals surface area contributed by atoms with Gasteiger partial charge in [0.1, 0.15) is 11.6 Å². The normalized spacial score (nSPS) is 13.3. The van der Waals surface area contributed by atoms with Gasteiger partial charge in [-0.05, 0) is 43.7 Å². The van der Waals surface area contributed by atoms with Crippen molar-refractivity contribution in [1.82, 2.24) is 5.32 Å². The minimum Gasteiger partial charge on any atom is -0.479 e. The number of amides is 1. The number of carbonyl (C=O) groups excluding carboxylic acids is 1. The van der Waals surface area contributed by atoms with Gasteiger partial charge in [0, 0.05) is 0 Å². The molecule has 1 amide bonds. The van der Waals surface area contributed by atoms with Gasteiger partial charge in [-0.15, -0.1) is 0 Å². The summed E-state index contributed by atoms with van der Waals surface area (Å²) in [4.78, 5) is 12.2. The molecule has 116 valence electrons. The van der Waals surface area contributed by atoms with E-state index in [2.05, 4.69) is 5.32 Å². The lowest BCUT2D eigenvalue weighted by Gasteiger charge is -2.19. The molecule has 0 radical (unpaired) electrons. The summed E-state index contributed by atoms with van der Waals surface area (Å²) in [5.74, 6) is -0.115. The number of hydrogen-bond donors (Lipinski definition) is 1. The van der Waals surface area contributed by atoms with Crippen LogP contribution in [0.2, 0.25) is 5.02 Å². The van der Waals surface area contributed by atoms with Gasteiger partial charge in [0.05, 0.1) is 11.1 Å². The number of para-hydroxylation sites is 1. The van der Waals surface area contributed by atoms with Crippen LogP contribution in [0.15, 0.2) is 48.5 Å². The second kappa shape index (κ2) is 7.27.